The maximum atomic E-state index is 5.75. The van der Waals surface area contributed by atoms with Gasteiger partial charge in [0, 0.05) is 17.8 Å². The lowest BCUT2D eigenvalue weighted by molar-refractivity contribution is 0.231. The van der Waals surface area contributed by atoms with Crippen LogP contribution in [0.1, 0.15) is 25.0 Å². The largest absolute Gasteiger partial charge is 0.476 e. The minimum Gasteiger partial charge on any atom is -0.476 e. The summed E-state index contributed by atoms with van der Waals surface area (Å²) in [6.07, 6.45) is 3.69. The molecule has 0 bridgehead atoms. The molecule has 1 aromatic heterocycles. The third kappa shape index (κ3) is 4.66. The Morgan fingerprint density at radius 1 is 1.47 bits per heavy atom. The molecule has 2 rings (SSSR count). The molecule has 1 atom stereocenters. The molecule has 0 aliphatic carbocycles. The highest BCUT2D eigenvalue weighted by molar-refractivity contribution is 6.28. The molecule has 0 radical (unpaired) electrons. The van der Waals surface area contributed by atoms with Gasteiger partial charge >= 0.3 is 0 Å². The predicted molar refractivity (Wildman–Crippen MR) is 70.2 cm³/mol. The molecule has 1 unspecified atom stereocenters. The highest BCUT2D eigenvalue weighted by atomic mass is 35.5. The Labute approximate surface area is 113 Å². The van der Waals surface area contributed by atoms with Crippen LogP contribution in [0.5, 0.6) is 5.88 Å². The van der Waals surface area contributed by atoms with Crippen LogP contribution >= 0.6 is 24.0 Å². The summed E-state index contributed by atoms with van der Waals surface area (Å²) >= 11 is 5.75. The van der Waals surface area contributed by atoms with Gasteiger partial charge in [0.15, 0.2) is 0 Å². The fraction of sp³-hybridized carbons (Fsp3) is 0.636. The topological polar surface area (TPSA) is 47.0 Å². The standard InChI is InChI=1S/C11H16ClN3O.ClH/c1-8-6-10(15-11(12)14-8)16-7-9-4-2-3-5-13-9;/h6,9,13H,2-5,7H2,1H3;1H. The van der Waals surface area contributed by atoms with Gasteiger partial charge in [-0.3, -0.25) is 0 Å². The first-order valence-electron chi connectivity index (χ1n) is 5.61. The maximum Gasteiger partial charge on any atom is 0.225 e. The second-order valence-corrected chi connectivity index (χ2v) is 4.41. The summed E-state index contributed by atoms with van der Waals surface area (Å²) in [5.74, 6) is 0.560. The van der Waals surface area contributed by atoms with E-state index in [1.54, 1.807) is 6.07 Å². The van der Waals surface area contributed by atoms with Gasteiger partial charge in [0.2, 0.25) is 11.2 Å². The van der Waals surface area contributed by atoms with Crippen molar-refractivity contribution >= 4 is 24.0 Å². The van der Waals surface area contributed by atoms with E-state index in [0.717, 1.165) is 18.7 Å². The first-order chi connectivity index (χ1) is 7.74. The van der Waals surface area contributed by atoms with Gasteiger partial charge in [0.1, 0.15) is 6.61 Å². The first kappa shape index (κ1) is 14.5. The van der Waals surface area contributed by atoms with Crippen LogP contribution in [0.15, 0.2) is 6.07 Å². The molecule has 4 nitrogen and oxygen atoms in total. The number of nitrogens with one attached hydrogen (secondary N) is 1. The SMILES string of the molecule is Cc1cc(OCC2CCCCN2)nc(Cl)n1.Cl. The lowest BCUT2D eigenvalue weighted by Crippen LogP contribution is -2.38. The number of hydrogen-bond acceptors (Lipinski definition) is 4. The molecule has 0 amide bonds. The van der Waals surface area contributed by atoms with E-state index in [0.29, 0.717) is 18.5 Å². The Morgan fingerprint density at radius 2 is 2.29 bits per heavy atom. The third-order valence-electron chi connectivity index (χ3n) is 2.65. The maximum absolute atomic E-state index is 5.75. The van der Waals surface area contributed by atoms with Crippen molar-refractivity contribution in [3.05, 3.63) is 17.0 Å². The fourth-order valence-electron chi connectivity index (χ4n) is 1.83. The van der Waals surface area contributed by atoms with Gasteiger partial charge in [0.25, 0.3) is 0 Å². The Hall–Kier alpha value is -0.580. The third-order valence-corrected chi connectivity index (χ3v) is 2.82. The summed E-state index contributed by atoms with van der Waals surface area (Å²) in [5, 5.41) is 3.66. The molecule has 17 heavy (non-hydrogen) atoms. The van der Waals surface area contributed by atoms with Crippen molar-refractivity contribution in [3.63, 3.8) is 0 Å². The zero-order valence-corrected chi connectivity index (χ0v) is 11.4. The molecule has 1 aliphatic heterocycles. The lowest BCUT2D eigenvalue weighted by Gasteiger charge is -2.23. The van der Waals surface area contributed by atoms with Crippen molar-refractivity contribution in [1.82, 2.24) is 15.3 Å². The van der Waals surface area contributed by atoms with E-state index >= 15 is 0 Å². The van der Waals surface area contributed by atoms with Crippen molar-refractivity contribution < 1.29 is 4.74 Å². The van der Waals surface area contributed by atoms with Crippen LogP contribution in [0.2, 0.25) is 5.28 Å². The Kier molecular flexibility index (Phi) is 5.95. The highest BCUT2D eigenvalue weighted by Crippen LogP contribution is 2.14. The molecule has 1 N–H and O–H groups in total. The molecular formula is C11H17Cl2N3O. The summed E-state index contributed by atoms with van der Waals surface area (Å²) in [5.41, 5.74) is 0.826. The molecule has 1 saturated heterocycles. The number of hydrogen-bond donors (Lipinski definition) is 1. The average Bonchev–Trinajstić information content (AvgIpc) is 2.27. The normalized spacial score (nSPS) is 19.5. The number of aromatic nitrogens is 2. The average molecular weight is 278 g/mol. The summed E-state index contributed by atoms with van der Waals surface area (Å²) in [4.78, 5) is 8.01. The van der Waals surface area contributed by atoms with E-state index in [1.165, 1.54) is 12.8 Å². The Balaban J connectivity index is 0.00000144. The second kappa shape index (κ2) is 6.99. The molecule has 1 aliphatic rings. The molecule has 1 fully saturated rings. The van der Waals surface area contributed by atoms with E-state index in [9.17, 15) is 0 Å². The predicted octanol–water partition coefficient (Wildman–Crippen LogP) is 2.38. The summed E-state index contributed by atoms with van der Waals surface area (Å²) in [7, 11) is 0. The molecule has 6 heteroatoms. The fourth-order valence-corrected chi connectivity index (χ4v) is 2.05. The van der Waals surface area contributed by atoms with Crippen LogP contribution in [0, 0.1) is 6.92 Å². The minimum absolute atomic E-state index is 0. The number of ether oxygens (including phenoxy) is 1. The van der Waals surface area contributed by atoms with Gasteiger partial charge in [0.05, 0.1) is 0 Å². The monoisotopic (exact) mass is 277 g/mol. The van der Waals surface area contributed by atoms with Crippen molar-refractivity contribution in [1.29, 1.82) is 0 Å². The Bertz CT molecular complexity index is 336. The van der Waals surface area contributed by atoms with Crippen molar-refractivity contribution in [3.8, 4) is 5.88 Å². The van der Waals surface area contributed by atoms with E-state index in [-0.39, 0.29) is 17.7 Å². The summed E-state index contributed by atoms with van der Waals surface area (Å²) in [6, 6.07) is 2.23. The van der Waals surface area contributed by atoms with E-state index in [2.05, 4.69) is 15.3 Å². The molecule has 2 heterocycles. The van der Waals surface area contributed by atoms with Gasteiger partial charge < -0.3 is 10.1 Å². The van der Waals surface area contributed by atoms with Crippen LogP contribution in [0.25, 0.3) is 0 Å². The Morgan fingerprint density at radius 3 is 2.94 bits per heavy atom. The van der Waals surface area contributed by atoms with Gasteiger partial charge in [-0.2, -0.15) is 4.98 Å². The zero-order valence-electron chi connectivity index (χ0n) is 9.78. The van der Waals surface area contributed by atoms with Crippen LogP contribution in [0.4, 0.5) is 0 Å². The van der Waals surface area contributed by atoms with Crippen LogP contribution < -0.4 is 10.1 Å². The van der Waals surface area contributed by atoms with Gasteiger partial charge in [-0.1, -0.05) is 6.42 Å². The van der Waals surface area contributed by atoms with Gasteiger partial charge in [-0.15, -0.1) is 12.4 Å². The summed E-state index contributed by atoms with van der Waals surface area (Å²) in [6.45, 7) is 3.60. The number of piperidine rings is 1. The summed E-state index contributed by atoms with van der Waals surface area (Å²) < 4.78 is 5.61. The first-order valence-corrected chi connectivity index (χ1v) is 5.99. The molecule has 96 valence electrons. The quantitative estimate of drug-likeness (QED) is 0.862. The minimum atomic E-state index is 0. The number of aryl methyl sites for hydroxylation is 1. The van der Waals surface area contributed by atoms with E-state index in [1.807, 2.05) is 6.92 Å². The van der Waals surface area contributed by atoms with Crippen molar-refractivity contribution in [2.45, 2.75) is 32.2 Å². The molecule has 1 aromatic rings. The smallest absolute Gasteiger partial charge is 0.225 e. The number of nitrogens with zero attached hydrogens (tertiary/aromatic N) is 2. The van der Waals surface area contributed by atoms with Crippen molar-refractivity contribution in [2.24, 2.45) is 0 Å². The number of halogens is 2. The molecule has 0 saturated carbocycles. The highest BCUT2D eigenvalue weighted by Gasteiger charge is 2.13. The van der Waals surface area contributed by atoms with E-state index in [4.69, 9.17) is 16.3 Å². The van der Waals surface area contributed by atoms with E-state index < -0.39 is 0 Å². The van der Waals surface area contributed by atoms with Gasteiger partial charge in [-0.25, -0.2) is 4.98 Å². The molecule has 0 spiro atoms. The molecular weight excluding hydrogens is 261 g/mol. The van der Waals surface area contributed by atoms with Crippen LogP contribution in [-0.4, -0.2) is 29.2 Å². The zero-order chi connectivity index (χ0) is 11.4. The van der Waals surface area contributed by atoms with Crippen LogP contribution in [0.3, 0.4) is 0 Å². The lowest BCUT2D eigenvalue weighted by atomic mass is 10.1. The number of rotatable bonds is 3. The molecule has 0 aromatic carbocycles. The van der Waals surface area contributed by atoms with Gasteiger partial charge in [-0.05, 0) is 37.9 Å². The van der Waals surface area contributed by atoms with Crippen LogP contribution in [-0.2, 0) is 0 Å². The van der Waals surface area contributed by atoms with Crippen molar-refractivity contribution in [2.75, 3.05) is 13.2 Å². The second-order valence-electron chi connectivity index (χ2n) is 4.07.